The van der Waals surface area contributed by atoms with Crippen molar-refractivity contribution in [2.75, 3.05) is 5.32 Å². The zero-order valence-corrected chi connectivity index (χ0v) is 15.2. The van der Waals surface area contributed by atoms with Crippen LogP contribution in [0, 0.1) is 18.3 Å². The summed E-state index contributed by atoms with van der Waals surface area (Å²) in [5.41, 5.74) is 4.64. The molecule has 134 valence electrons. The molecule has 0 unspecified atom stereocenters. The fraction of sp³-hybridized carbons (Fsp3) is 0.200. The van der Waals surface area contributed by atoms with E-state index in [9.17, 15) is 5.26 Å². The molecular formula is C20H18N6O. The van der Waals surface area contributed by atoms with Gasteiger partial charge in [-0.1, -0.05) is 0 Å². The van der Waals surface area contributed by atoms with Crippen LogP contribution in [0.3, 0.4) is 0 Å². The lowest BCUT2D eigenvalue weighted by Gasteiger charge is -2.11. The minimum atomic E-state index is 0.235. The van der Waals surface area contributed by atoms with Crippen LogP contribution in [0.1, 0.15) is 25.2 Å². The zero-order chi connectivity index (χ0) is 19.0. The van der Waals surface area contributed by atoms with Crippen molar-refractivity contribution in [1.29, 1.82) is 5.26 Å². The first-order valence-electron chi connectivity index (χ1n) is 8.65. The first-order valence-corrected chi connectivity index (χ1v) is 8.65. The summed E-state index contributed by atoms with van der Waals surface area (Å²) in [6, 6.07) is 13.7. The van der Waals surface area contributed by atoms with Gasteiger partial charge >= 0.3 is 0 Å². The van der Waals surface area contributed by atoms with Crippen molar-refractivity contribution >= 4 is 16.7 Å². The van der Waals surface area contributed by atoms with Gasteiger partial charge in [-0.15, -0.1) is 10.2 Å². The predicted molar refractivity (Wildman–Crippen MR) is 103 cm³/mol. The van der Waals surface area contributed by atoms with Crippen molar-refractivity contribution in [2.24, 2.45) is 0 Å². The molecule has 0 aliphatic carbocycles. The van der Waals surface area contributed by atoms with Gasteiger partial charge in [-0.05, 0) is 57.2 Å². The Kier molecular flexibility index (Phi) is 4.09. The highest BCUT2D eigenvalue weighted by Crippen LogP contribution is 2.28. The molecular weight excluding hydrogens is 340 g/mol. The van der Waals surface area contributed by atoms with E-state index in [1.165, 1.54) is 0 Å². The Morgan fingerprint density at radius 1 is 1.07 bits per heavy atom. The van der Waals surface area contributed by atoms with E-state index in [0.717, 1.165) is 28.1 Å². The number of aromatic amines is 1. The Balaban J connectivity index is 1.68. The summed E-state index contributed by atoms with van der Waals surface area (Å²) in [6.07, 6.45) is 0. The van der Waals surface area contributed by atoms with Crippen molar-refractivity contribution in [1.82, 2.24) is 20.2 Å². The predicted octanol–water partition coefficient (Wildman–Crippen LogP) is 4.28. The van der Waals surface area contributed by atoms with Gasteiger partial charge in [0.2, 0.25) is 11.8 Å². The summed E-state index contributed by atoms with van der Waals surface area (Å²) < 4.78 is 5.84. The van der Waals surface area contributed by atoms with Gasteiger partial charge in [0, 0.05) is 17.2 Å². The van der Waals surface area contributed by atoms with Crippen molar-refractivity contribution < 1.29 is 4.42 Å². The molecule has 2 N–H and O–H groups in total. The van der Waals surface area contributed by atoms with E-state index in [2.05, 4.69) is 31.6 Å². The van der Waals surface area contributed by atoms with E-state index in [-0.39, 0.29) is 6.04 Å². The molecule has 0 radical (unpaired) electrons. The van der Waals surface area contributed by atoms with Crippen LogP contribution < -0.4 is 5.32 Å². The zero-order valence-electron chi connectivity index (χ0n) is 15.2. The number of anilines is 1. The van der Waals surface area contributed by atoms with Crippen molar-refractivity contribution in [3.8, 4) is 29.0 Å². The number of hydrogen-bond acceptors (Lipinski definition) is 6. The second-order valence-corrected chi connectivity index (χ2v) is 6.64. The van der Waals surface area contributed by atoms with Crippen LogP contribution in [0.5, 0.6) is 0 Å². The number of nitrogens with one attached hydrogen (secondary N) is 2. The van der Waals surface area contributed by atoms with Crippen molar-refractivity contribution in [3.63, 3.8) is 0 Å². The SMILES string of the molecule is Cc1nc2cc(-c3nnc(-c4ccc(NC(C)C)c(C#N)c4)o3)ccc2[nH]1. The second-order valence-electron chi connectivity index (χ2n) is 6.64. The van der Waals surface area contributed by atoms with E-state index in [4.69, 9.17) is 4.42 Å². The number of nitrogens with zero attached hydrogens (tertiary/aromatic N) is 4. The average molecular weight is 358 g/mol. The van der Waals surface area contributed by atoms with Crippen LogP contribution in [-0.2, 0) is 0 Å². The van der Waals surface area contributed by atoms with E-state index in [0.29, 0.717) is 22.9 Å². The summed E-state index contributed by atoms with van der Waals surface area (Å²) in [5, 5.41) is 21.0. The third-order valence-electron chi connectivity index (χ3n) is 4.10. The number of hydrogen-bond donors (Lipinski definition) is 2. The van der Waals surface area contributed by atoms with Gasteiger partial charge in [0.15, 0.2) is 0 Å². The Morgan fingerprint density at radius 3 is 2.48 bits per heavy atom. The van der Waals surface area contributed by atoms with Crippen LogP contribution in [0.15, 0.2) is 40.8 Å². The van der Waals surface area contributed by atoms with Gasteiger partial charge in [-0.2, -0.15) is 5.26 Å². The maximum Gasteiger partial charge on any atom is 0.248 e. The molecule has 0 amide bonds. The fourth-order valence-electron chi connectivity index (χ4n) is 2.93. The van der Waals surface area contributed by atoms with Gasteiger partial charge in [0.25, 0.3) is 0 Å². The number of imidazole rings is 1. The van der Waals surface area contributed by atoms with Crippen LogP contribution in [-0.4, -0.2) is 26.2 Å². The Labute approximate surface area is 156 Å². The topological polar surface area (TPSA) is 103 Å². The molecule has 7 heteroatoms. The Morgan fingerprint density at radius 2 is 1.78 bits per heavy atom. The van der Waals surface area contributed by atoms with Gasteiger partial charge in [0.05, 0.1) is 22.3 Å². The molecule has 0 saturated carbocycles. The molecule has 0 aliphatic heterocycles. The Bertz CT molecular complexity index is 1160. The minimum absolute atomic E-state index is 0.235. The van der Waals surface area contributed by atoms with Crippen LogP contribution in [0.4, 0.5) is 5.69 Å². The lowest BCUT2D eigenvalue weighted by molar-refractivity contribution is 0.584. The highest BCUT2D eigenvalue weighted by atomic mass is 16.4. The summed E-state index contributed by atoms with van der Waals surface area (Å²) in [4.78, 5) is 7.62. The monoisotopic (exact) mass is 358 g/mol. The van der Waals surface area contributed by atoms with Crippen LogP contribution in [0.25, 0.3) is 33.9 Å². The molecule has 0 bridgehead atoms. The third-order valence-corrected chi connectivity index (χ3v) is 4.10. The van der Waals surface area contributed by atoms with Crippen LogP contribution >= 0.6 is 0 Å². The lowest BCUT2D eigenvalue weighted by Crippen LogP contribution is -2.10. The van der Waals surface area contributed by atoms with Gasteiger partial charge < -0.3 is 14.7 Å². The van der Waals surface area contributed by atoms with E-state index < -0.39 is 0 Å². The number of nitriles is 1. The molecule has 4 aromatic rings. The summed E-state index contributed by atoms with van der Waals surface area (Å²) in [7, 11) is 0. The molecule has 0 atom stereocenters. The molecule has 27 heavy (non-hydrogen) atoms. The van der Waals surface area contributed by atoms with Gasteiger partial charge in [-0.25, -0.2) is 4.98 Å². The van der Waals surface area contributed by atoms with Crippen LogP contribution in [0.2, 0.25) is 0 Å². The summed E-state index contributed by atoms with van der Waals surface area (Å²) in [5.74, 6) is 1.64. The first kappa shape index (κ1) is 16.8. The first-order chi connectivity index (χ1) is 13.0. The number of benzene rings is 2. The minimum Gasteiger partial charge on any atom is -0.416 e. The average Bonchev–Trinajstić information content (AvgIpc) is 3.26. The largest absolute Gasteiger partial charge is 0.416 e. The number of rotatable bonds is 4. The van der Waals surface area contributed by atoms with E-state index in [1.54, 1.807) is 6.07 Å². The number of aromatic nitrogens is 4. The smallest absolute Gasteiger partial charge is 0.248 e. The Hall–Kier alpha value is -3.66. The maximum absolute atomic E-state index is 9.42. The summed E-state index contributed by atoms with van der Waals surface area (Å²) >= 11 is 0. The lowest BCUT2D eigenvalue weighted by atomic mass is 10.1. The summed E-state index contributed by atoms with van der Waals surface area (Å²) in [6.45, 7) is 5.96. The molecule has 0 spiro atoms. The normalized spacial score (nSPS) is 11.1. The number of aryl methyl sites for hydroxylation is 1. The highest BCUT2D eigenvalue weighted by molar-refractivity contribution is 5.80. The number of fused-ring (bicyclic) bond motifs is 1. The molecule has 0 fully saturated rings. The van der Waals surface area contributed by atoms with Crippen molar-refractivity contribution in [3.05, 3.63) is 47.8 Å². The number of H-pyrrole nitrogens is 1. The second kappa shape index (κ2) is 6.57. The molecule has 0 aliphatic rings. The molecule has 0 saturated heterocycles. The molecule has 7 nitrogen and oxygen atoms in total. The molecule has 4 rings (SSSR count). The van der Waals surface area contributed by atoms with Crippen molar-refractivity contribution in [2.45, 2.75) is 26.8 Å². The maximum atomic E-state index is 9.42. The quantitative estimate of drug-likeness (QED) is 0.564. The van der Waals surface area contributed by atoms with Gasteiger partial charge in [0.1, 0.15) is 11.9 Å². The third kappa shape index (κ3) is 3.25. The van der Waals surface area contributed by atoms with E-state index >= 15 is 0 Å². The standard InChI is InChI=1S/C20H18N6O/c1-11(2)22-16-6-4-13(8-15(16)10-21)19-25-26-20(27-19)14-5-7-17-18(9-14)24-12(3)23-17/h4-9,11,22H,1-3H3,(H,23,24). The van der Waals surface area contributed by atoms with Gasteiger partial charge in [-0.3, -0.25) is 0 Å². The van der Waals surface area contributed by atoms with E-state index in [1.807, 2.05) is 51.1 Å². The molecule has 2 aromatic carbocycles. The highest BCUT2D eigenvalue weighted by Gasteiger charge is 2.14. The molecule has 2 aromatic heterocycles. The fourth-order valence-corrected chi connectivity index (χ4v) is 2.93. The molecule has 2 heterocycles.